The highest BCUT2D eigenvalue weighted by molar-refractivity contribution is 7.92. The van der Waals surface area contributed by atoms with Crippen LogP contribution in [0.25, 0.3) is 0 Å². The molecule has 2 unspecified atom stereocenters. The number of hydroxylamine groups is 1. The molecule has 1 fully saturated rings. The number of nitrogens with one attached hydrogen (secondary N) is 1. The van der Waals surface area contributed by atoms with Crippen molar-refractivity contribution in [3.05, 3.63) is 59.9 Å². The largest absolute Gasteiger partial charge is 0.489 e. The summed E-state index contributed by atoms with van der Waals surface area (Å²) in [6.07, 6.45) is -0.0154. The number of halogens is 1. The normalized spacial score (nSPS) is 23.2. The van der Waals surface area contributed by atoms with Crippen LogP contribution in [-0.4, -0.2) is 42.5 Å². The number of benzene rings is 2. The van der Waals surface area contributed by atoms with Crippen molar-refractivity contribution in [1.29, 1.82) is 0 Å². The van der Waals surface area contributed by atoms with E-state index in [1.165, 1.54) is 55.7 Å². The van der Waals surface area contributed by atoms with Gasteiger partial charge in [0.2, 0.25) is 0 Å². The van der Waals surface area contributed by atoms with E-state index in [1.807, 2.05) is 0 Å². The number of sulfone groups is 1. The Hall–Kier alpha value is -2.53. The van der Waals surface area contributed by atoms with Crippen molar-refractivity contribution in [2.24, 2.45) is 5.73 Å². The first kappa shape index (κ1) is 23.1. The fraction of sp³-hybridized carbons (Fsp3) is 0.381. The van der Waals surface area contributed by atoms with Crippen LogP contribution >= 0.6 is 0 Å². The Kier molecular flexibility index (Phi) is 6.38. The van der Waals surface area contributed by atoms with Gasteiger partial charge >= 0.3 is 0 Å². The molecule has 1 amide bonds. The molecule has 2 aromatic carbocycles. The number of nitrogens with two attached hydrogens (primary N) is 1. The Labute approximate surface area is 180 Å². The maximum absolute atomic E-state index is 13.4. The van der Waals surface area contributed by atoms with E-state index in [1.54, 1.807) is 12.1 Å². The molecule has 31 heavy (non-hydrogen) atoms. The topological polar surface area (TPSA) is 128 Å². The molecule has 2 aromatic rings. The van der Waals surface area contributed by atoms with Crippen molar-refractivity contribution in [3.8, 4) is 5.75 Å². The van der Waals surface area contributed by atoms with E-state index in [-0.39, 0.29) is 30.3 Å². The summed E-state index contributed by atoms with van der Waals surface area (Å²) in [5.41, 5.74) is 5.16. The second-order valence-electron chi connectivity index (χ2n) is 7.88. The van der Waals surface area contributed by atoms with Crippen molar-refractivity contribution in [2.75, 3.05) is 6.61 Å². The van der Waals surface area contributed by atoms with Gasteiger partial charge in [0.1, 0.15) is 23.7 Å². The lowest BCUT2D eigenvalue weighted by Crippen LogP contribution is -2.76. The van der Waals surface area contributed by atoms with Gasteiger partial charge in [-0.1, -0.05) is 12.1 Å². The molecule has 4 N–H and O–H groups in total. The average Bonchev–Trinajstić information content (AvgIpc) is 2.74. The first-order valence-electron chi connectivity index (χ1n) is 9.61. The van der Waals surface area contributed by atoms with Crippen LogP contribution < -0.4 is 16.0 Å². The van der Waals surface area contributed by atoms with Crippen molar-refractivity contribution in [3.63, 3.8) is 0 Å². The SMILES string of the molecule is CC1(C)OCCC(S(=O)(=O)c2ccc(OCc3ccc(F)cc3)cc2)C1(N)C(=O)NO. The van der Waals surface area contributed by atoms with Gasteiger partial charge in [-0.3, -0.25) is 10.0 Å². The third-order valence-corrected chi connectivity index (χ3v) is 7.96. The Balaban J connectivity index is 1.83. The Bertz CT molecular complexity index is 1040. The van der Waals surface area contributed by atoms with Crippen LogP contribution in [0.2, 0.25) is 0 Å². The summed E-state index contributed by atoms with van der Waals surface area (Å²) in [6, 6.07) is 11.6. The highest BCUT2D eigenvalue weighted by Crippen LogP contribution is 2.39. The van der Waals surface area contributed by atoms with E-state index in [9.17, 15) is 22.8 Å². The lowest BCUT2D eigenvalue weighted by molar-refractivity contribution is -0.157. The minimum atomic E-state index is -4.06. The van der Waals surface area contributed by atoms with Crippen molar-refractivity contribution in [2.45, 2.75) is 48.2 Å². The van der Waals surface area contributed by atoms with E-state index < -0.39 is 32.1 Å². The molecule has 1 saturated heterocycles. The highest BCUT2D eigenvalue weighted by atomic mass is 32.2. The molecule has 0 aromatic heterocycles. The van der Waals surface area contributed by atoms with Crippen molar-refractivity contribution in [1.82, 2.24) is 5.48 Å². The summed E-state index contributed by atoms with van der Waals surface area (Å²) in [4.78, 5) is 12.4. The number of hydrogen-bond acceptors (Lipinski definition) is 7. The molecule has 1 aliphatic rings. The molecule has 0 spiro atoms. The van der Waals surface area contributed by atoms with Crippen LogP contribution in [-0.2, 0) is 26.0 Å². The maximum atomic E-state index is 13.4. The molecule has 2 atom stereocenters. The molecular weight excluding hydrogens is 427 g/mol. The smallest absolute Gasteiger partial charge is 0.267 e. The molecule has 0 aliphatic carbocycles. The van der Waals surface area contributed by atoms with Crippen molar-refractivity contribution >= 4 is 15.7 Å². The first-order chi connectivity index (χ1) is 14.5. The van der Waals surface area contributed by atoms with Crippen LogP contribution in [0.1, 0.15) is 25.8 Å². The zero-order valence-corrected chi connectivity index (χ0v) is 18.0. The Morgan fingerprint density at radius 3 is 2.42 bits per heavy atom. The third-order valence-electron chi connectivity index (χ3n) is 5.67. The number of rotatable bonds is 6. The third kappa shape index (κ3) is 4.29. The van der Waals surface area contributed by atoms with Gasteiger partial charge in [0.15, 0.2) is 9.84 Å². The van der Waals surface area contributed by atoms with Gasteiger partial charge in [-0.15, -0.1) is 0 Å². The molecule has 1 heterocycles. The molecule has 3 rings (SSSR count). The summed E-state index contributed by atoms with van der Waals surface area (Å²) in [5, 5.41) is 7.86. The van der Waals surface area contributed by atoms with Crippen LogP contribution in [0.4, 0.5) is 4.39 Å². The minimum Gasteiger partial charge on any atom is -0.489 e. The Morgan fingerprint density at radius 2 is 1.84 bits per heavy atom. The molecular formula is C21H25FN2O6S. The van der Waals surface area contributed by atoms with Crippen molar-refractivity contribution < 1.29 is 32.3 Å². The Morgan fingerprint density at radius 1 is 1.23 bits per heavy atom. The number of carbonyl (C=O) groups excluding carboxylic acids is 1. The van der Waals surface area contributed by atoms with E-state index in [4.69, 9.17) is 15.2 Å². The van der Waals surface area contributed by atoms with Crippen LogP contribution in [0.15, 0.2) is 53.4 Å². The summed E-state index contributed by atoms with van der Waals surface area (Å²) in [7, 11) is -4.06. The molecule has 168 valence electrons. The lowest BCUT2D eigenvalue weighted by Gasteiger charge is -2.49. The highest BCUT2D eigenvalue weighted by Gasteiger charge is 2.61. The van der Waals surface area contributed by atoms with Gasteiger partial charge in [0.25, 0.3) is 5.91 Å². The minimum absolute atomic E-state index is 0.0154. The van der Waals surface area contributed by atoms with Gasteiger partial charge in [-0.2, -0.15) is 0 Å². The first-order valence-corrected chi connectivity index (χ1v) is 11.2. The number of carbonyl (C=O) groups is 1. The molecule has 0 radical (unpaired) electrons. The molecule has 8 nitrogen and oxygen atoms in total. The second-order valence-corrected chi connectivity index (χ2v) is 10.0. The molecule has 0 bridgehead atoms. The standard InChI is InChI=1S/C21H25FN2O6S/c1-20(2)21(23,19(25)24-26)18(11-12-30-20)31(27,28)17-9-7-16(8-10-17)29-13-14-3-5-15(22)6-4-14/h3-10,18,26H,11-13,23H2,1-2H3,(H,24,25). The van der Waals surface area contributed by atoms with Crippen LogP contribution in [0.5, 0.6) is 5.75 Å². The predicted octanol–water partition coefficient (Wildman–Crippen LogP) is 1.95. The van der Waals surface area contributed by atoms with Gasteiger partial charge < -0.3 is 15.2 Å². The maximum Gasteiger partial charge on any atom is 0.267 e. The van der Waals surface area contributed by atoms with Gasteiger partial charge in [-0.05, 0) is 62.2 Å². The quantitative estimate of drug-likeness (QED) is 0.451. The molecule has 10 heteroatoms. The fourth-order valence-electron chi connectivity index (χ4n) is 3.71. The number of amides is 1. The number of ether oxygens (including phenoxy) is 2. The van der Waals surface area contributed by atoms with Gasteiger partial charge in [-0.25, -0.2) is 18.3 Å². The molecule has 0 saturated carbocycles. The summed E-state index contributed by atoms with van der Waals surface area (Å²) >= 11 is 0. The summed E-state index contributed by atoms with van der Waals surface area (Å²) < 4.78 is 50.9. The summed E-state index contributed by atoms with van der Waals surface area (Å²) in [5.74, 6) is -0.965. The van der Waals surface area contributed by atoms with Crippen LogP contribution in [0, 0.1) is 5.82 Å². The van der Waals surface area contributed by atoms with E-state index in [2.05, 4.69) is 0 Å². The lowest BCUT2D eigenvalue weighted by atomic mass is 9.76. The fourth-order valence-corrected chi connectivity index (χ4v) is 5.84. The number of hydrogen-bond donors (Lipinski definition) is 3. The second kappa shape index (κ2) is 8.54. The summed E-state index contributed by atoms with van der Waals surface area (Å²) in [6.45, 7) is 3.29. The van der Waals surface area contributed by atoms with E-state index >= 15 is 0 Å². The average molecular weight is 453 g/mol. The van der Waals surface area contributed by atoms with Crippen LogP contribution in [0.3, 0.4) is 0 Å². The zero-order chi connectivity index (χ0) is 22.9. The monoisotopic (exact) mass is 452 g/mol. The predicted molar refractivity (Wildman–Crippen MR) is 110 cm³/mol. The van der Waals surface area contributed by atoms with Gasteiger partial charge in [0.05, 0.1) is 15.7 Å². The van der Waals surface area contributed by atoms with E-state index in [0.717, 1.165) is 5.56 Å². The zero-order valence-electron chi connectivity index (χ0n) is 17.2. The molecule has 1 aliphatic heterocycles. The van der Waals surface area contributed by atoms with Gasteiger partial charge in [0, 0.05) is 6.61 Å². The van der Waals surface area contributed by atoms with E-state index in [0.29, 0.717) is 5.75 Å².